The van der Waals surface area contributed by atoms with Crippen LogP contribution in [0.2, 0.25) is 0 Å². The molecule has 3 aromatic carbocycles. The van der Waals surface area contributed by atoms with Crippen molar-refractivity contribution in [3.05, 3.63) is 108 Å². The Kier molecular flexibility index (Phi) is 5.75. The first-order valence-corrected chi connectivity index (χ1v) is 8.96. The van der Waals surface area contributed by atoms with E-state index >= 15 is 0 Å². The lowest BCUT2D eigenvalue weighted by Gasteiger charge is -2.25. The number of rotatable bonds is 7. The molecule has 0 saturated heterocycles. The Hall–Kier alpha value is -3.00. The number of carbonyl (C=O) groups is 2. The Balaban J connectivity index is 2.06. The van der Waals surface area contributed by atoms with Gasteiger partial charge in [-0.15, -0.1) is 0 Å². The third-order valence-electron chi connectivity index (χ3n) is 4.75. The smallest absolute Gasteiger partial charge is 0.174 e. The van der Waals surface area contributed by atoms with Crippen LogP contribution < -0.4 is 0 Å². The maximum atomic E-state index is 13.3. The van der Waals surface area contributed by atoms with Gasteiger partial charge >= 0.3 is 0 Å². The fraction of sp³-hybridized carbons (Fsp3) is 0.167. The number of carbonyl (C=O) groups excluding carboxylic acids is 2. The van der Waals surface area contributed by atoms with Gasteiger partial charge in [0, 0.05) is 17.0 Å². The van der Waals surface area contributed by atoms with Crippen molar-refractivity contribution >= 4 is 11.6 Å². The second-order valence-electron chi connectivity index (χ2n) is 6.36. The predicted octanol–water partition coefficient (Wildman–Crippen LogP) is 5.56. The Labute approximate surface area is 154 Å². The fourth-order valence-electron chi connectivity index (χ4n) is 3.41. The molecule has 0 amide bonds. The second-order valence-corrected chi connectivity index (χ2v) is 6.36. The zero-order valence-electron chi connectivity index (χ0n) is 14.8. The summed E-state index contributed by atoms with van der Waals surface area (Å²) in [7, 11) is 0. The zero-order chi connectivity index (χ0) is 18.4. The molecule has 2 heteroatoms. The lowest BCUT2D eigenvalue weighted by atomic mass is 9.76. The Morgan fingerprint density at radius 3 is 1.42 bits per heavy atom. The normalized spacial score (nSPS) is 11.9. The maximum Gasteiger partial charge on any atom is 0.174 e. The Morgan fingerprint density at radius 2 is 1.04 bits per heavy atom. The molecule has 0 heterocycles. The monoisotopic (exact) mass is 342 g/mol. The Bertz CT molecular complexity index is 803. The number of hydrogen-bond donors (Lipinski definition) is 0. The maximum absolute atomic E-state index is 13.3. The molecule has 0 aliphatic carbocycles. The van der Waals surface area contributed by atoms with Crippen molar-refractivity contribution < 1.29 is 9.59 Å². The fourth-order valence-corrected chi connectivity index (χ4v) is 3.41. The van der Waals surface area contributed by atoms with Crippen LogP contribution in [0.5, 0.6) is 0 Å². The highest BCUT2D eigenvalue weighted by Crippen LogP contribution is 2.33. The van der Waals surface area contributed by atoms with E-state index in [1.54, 1.807) is 24.3 Å². The lowest BCUT2D eigenvalue weighted by Crippen LogP contribution is -2.30. The molecule has 0 aromatic heterocycles. The summed E-state index contributed by atoms with van der Waals surface area (Å²) >= 11 is 0. The van der Waals surface area contributed by atoms with E-state index in [2.05, 4.69) is 0 Å². The van der Waals surface area contributed by atoms with Crippen molar-refractivity contribution in [3.8, 4) is 0 Å². The van der Waals surface area contributed by atoms with Crippen molar-refractivity contribution in [3.63, 3.8) is 0 Å². The molecule has 0 bridgehead atoms. The standard InChI is InChI=1S/C24H22O2/c1-2-21(18-12-6-3-7-13-18)22(23(25)19-14-8-4-9-15-19)24(26)20-16-10-5-11-17-20/h3-17,21-22H,2H2,1H3/t21-/m1/s1. The van der Waals surface area contributed by atoms with Crippen LogP contribution in [0.25, 0.3) is 0 Å². The average molecular weight is 342 g/mol. The van der Waals surface area contributed by atoms with Gasteiger partial charge < -0.3 is 0 Å². The molecule has 3 rings (SSSR count). The molecule has 0 saturated carbocycles. The van der Waals surface area contributed by atoms with Gasteiger partial charge in [0.15, 0.2) is 11.6 Å². The van der Waals surface area contributed by atoms with E-state index in [4.69, 9.17) is 0 Å². The number of ketones is 2. The third kappa shape index (κ3) is 3.80. The average Bonchev–Trinajstić information content (AvgIpc) is 2.73. The van der Waals surface area contributed by atoms with Crippen molar-refractivity contribution in [1.82, 2.24) is 0 Å². The molecule has 2 nitrogen and oxygen atoms in total. The quantitative estimate of drug-likeness (QED) is 0.416. The lowest BCUT2D eigenvalue weighted by molar-refractivity contribution is 0.0780. The SMILES string of the molecule is CC[C@H](c1ccccc1)C(C(=O)c1ccccc1)C(=O)c1ccccc1. The largest absolute Gasteiger partial charge is 0.293 e. The summed E-state index contributed by atoms with van der Waals surface area (Å²) in [5, 5.41) is 0. The summed E-state index contributed by atoms with van der Waals surface area (Å²) < 4.78 is 0. The highest BCUT2D eigenvalue weighted by atomic mass is 16.2. The summed E-state index contributed by atoms with van der Waals surface area (Å²) in [6, 6.07) is 28.1. The molecular formula is C24H22O2. The molecule has 1 atom stereocenters. The Morgan fingerprint density at radius 1 is 0.654 bits per heavy atom. The summed E-state index contributed by atoms with van der Waals surface area (Å²) in [5.41, 5.74) is 2.18. The van der Waals surface area contributed by atoms with Crippen molar-refractivity contribution in [2.75, 3.05) is 0 Å². The molecule has 130 valence electrons. The van der Waals surface area contributed by atoms with Crippen LogP contribution >= 0.6 is 0 Å². The van der Waals surface area contributed by atoms with Gasteiger partial charge in [0.25, 0.3) is 0 Å². The molecule has 0 N–H and O–H groups in total. The first kappa shape index (κ1) is 17.8. The van der Waals surface area contributed by atoms with Gasteiger partial charge in [0.1, 0.15) is 0 Å². The van der Waals surface area contributed by atoms with Crippen LogP contribution in [0.1, 0.15) is 45.5 Å². The van der Waals surface area contributed by atoms with E-state index in [-0.39, 0.29) is 17.5 Å². The molecule has 0 spiro atoms. The molecular weight excluding hydrogens is 320 g/mol. The first-order valence-electron chi connectivity index (χ1n) is 8.96. The van der Waals surface area contributed by atoms with Gasteiger partial charge in [-0.25, -0.2) is 0 Å². The predicted molar refractivity (Wildman–Crippen MR) is 105 cm³/mol. The minimum atomic E-state index is -0.729. The highest BCUT2D eigenvalue weighted by Gasteiger charge is 2.35. The summed E-state index contributed by atoms with van der Waals surface area (Å²) in [6.45, 7) is 2.03. The molecule has 0 radical (unpaired) electrons. The summed E-state index contributed by atoms with van der Waals surface area (Å²) in [5.74, 6) is -1.12. The van der Waals surface area contributed by atoms with Crippen LogP contribution in [0.3, 0.4) is 0 Å². The number of benzene rings is 3. The molecule has 26 heavy (non-hydrogen) atoms. The van der Waals surface area contributed by atoms with E-state index in [1.807, 2.05) is 73.7 Å². The van der Waals surface area contributed by atoms with Crippen molar-refractivity contribution in [2.24, 2.45) is 5.92 Å². The molecule has 3 aromatic rings. The van der Waals surface area contributed by atoms with E-state index in [9.17, 15) is 9.59 Å². The minimum absolute atomic E-state index is 0.116. The van der Waals surface area contributed by atoms with Crippen LogP contribution in [0.15, 0.2) is 91.0 Å². The van der Waals surface area contributed by atoms with E-state index in [1.165, 1.54) is 0 Å². The van der Waals surface area contributed by atoms with Gasteiger partial charge in [-0.05, 0) is 12.0 Å². The van der Waals surface area contributed by atoms with Crippen LogP contribution in [0, 0.1) is 5.92 Å². The summed E-state index contributed by atoms with van der Waals surface area (Å²) in [4.78, 5) is 26.6. The zero-order valence-corrected chi connectivity index (χ0v) is 14.8. The minimum Gasteiger partial charge on any atom is -0.293 e. The second kappa shape index (κ2) is 8.39. The van der Waals surface area contributed by atoms with E-state index in [0.717, 1.165) is 5.56 Å². The molecule has 0 fully saturated rings. The molecule has 0 unspecified atom stereocenters. The topological polar surface area (TPSA) is 34.1 Å². The van der Waals surface area contributed by atoms with Gasteiger partial charge in [-0.1, -0.05) is 97.9 Å². The van der Waals surface area contributed by atoms with Crippen LogP contribution in [-0.4, -0.2) is 11.6 Å². The van der Waals surface area contributed by atoms with Gasteiger partial charge in [0.05, 0.1) is 5.92 Å². The van der Waals surface area contributed by atoms with Crippen molar-refractivity contribution in [2.45, 2.75) is 19.3 Å². The van der Waals surface area contributed by atoms with Gasteiger partial charge in [-0.3, -0.25) is 9.59 Å². The molecule has 0 aliphatic heterocycles. The van der Waals surface area contributed by atoms with Crippen molar-refractivity contribution in [1.29, 1.82) is 0 Å². The number of hydrogen-bond acceptors (Lipinski definition) is 2. The number of Topliss-reactive ketones (excluding diaryl/α,β-unsaturated/α-hetero) is 2. The van der Waals surface area contributed by atoms with Gasteiger partial charge in [0.2, 0.25) is 0 Å². The van der Waals surface area contributed by atoms with Crippen LogP contribution in [-0.2, 0) is 0 Å². The first-order chi connectivity index (χ1) is 12.7. The van der Waals surface area contributed by atoms with Gasteiger partial charge in [-0.2, -0.15) is 0 Å². The highest BCUT2D eigenvalue weighted by molar-refractivity contribution is 6.16. The van der Waals surface area contributed by atoms with E-state index < -0.39 is 5.92 Å². The van der Waals surface area contributed by atoms with E-state index in [0.29, 0.717) is 17.5 Å². The van der Waals surface area contributed by atoms with Crippen LogP contribution in [0.4, 0.5) is 0 Å². The molecule has 0 aliphatic rings. The third-order valence-corrected chi connectivity index (χ3v) is 4.75. The summed E-state index contributed by atoms with van der Waals surface area (Å²) in [6.07, 6.45) is 0.714.